The van der Waals surface area contributed by atoms with Crippen LogP contribution in [0.5, 0.6) is 0 Å². The highest BCUT2D eigenvalue weighted by Crippen LogP contribution is 2.61. The number of hydrogen-bond acceptors (Lipinski definition) is 6. The molecule has 0 radical (unpaired) electrons. The molecule has 7 nitrogen and oxygen atoms in total. The Bertz CT molecular complexity index is 1170. The van der Waals surface area contributed by atoms with Gasteiger partial charge in [0.25, 0.3) is 5.91 Å². The Kier molecular flexibility index (Phi) is 4.50. The number of fused-ring (bicyclic) bond motifs is 1. The van der Waals surface area contributed by atoms with Crippen LogP contribution in [0.15, 0.2) is 18.2 Å². The first-order valence-electron chi connectivity index (χ1n) is 11.5. The van der Waals surface area contributed by atoms with Crippen LogP contribution < -0.4 is 9.62 Å². The molecule has 1 N–H and O–H groups in total. The van der Waals surface area contributed by atoms with Gasteiger partial charge in [0.05, 0.1) is 11.9 Å². The number of carbonyl (C=O) groups is 1. The molecule has 2 heterocycles. The molecule has 1 aromatic heterocycles. The van der Waals surface area contributed by atoms with E-state index >= 15 is 0 Å². The number of sulfonamides is 1. The van der Waals surface area contributed by atoms with E-state index in [1.807, 2.05) is 6.92 Å². The molecular formula is C23H28N4O3S2. The maximum absolute atomic E-state index is 12.9. The van der Waals surface area contributed by atoms with Crippen LogP contribution in [0.2, 0.25) is 0 Å². The van der Waals surface area contributed by atoms with Crippen LogP contribution in [-0.4, -0.2) is 36.8 Å². The predicted molar refractivity (Wildman–Crippen MR) is 125 cm³/mol. The van der Waals surface area contributed by atoms with Gasteiger partial charge >= 0.3 is 0 Å². The van der Waals surface area contributed by atoms with Gasteiger partial charge in [-0.25, -0.2) is 8.42 Å². The number of rotatable bonds is 4. The summed E-state index contributed by atoms with van der Waals surface area (Å²) in [4.78, 5) is 12.9. The third kappa shape index (κ3) is 3.27. The van der Waals surface area contributed by atoms with Crippen molar-refractivity contribution in [2.75, 3.05) is 15.9 Å². The molecule has 1 aromatic carbocycles. The van der Waals surface area contributed by atoms with Crippen molar-refractivity contribution in [3.05, 3.63) is 34.3 Å². The molecular weight excluding hydrogens is 444 g/mol. The molecule has 7 rings (SSSR count). The van der Waals surface area contributed by atoms with Crippen LogP contribution in [-0.2, 0) is 21.9 Å². The van der Waals surface area contributed by atoms with E-state index in [4.69, 9.17) is 0 Å². The maximum atomic E-state index is 12.9. The second kappa shape index (κ2) is 7.00. The van der Waals surface area contributed by atoms with Gasteiger partial charge in [-0.15, -0.1) is 10.2 Å². The van der Waals surface area contributed by atoms with Crippen molar-refractivity contribution in [3.8, 4) is 0 Å². The quantitative estimate of drug-likeness (QED) is 0.727. The SMILES string of the molecule is CC1Cc2cc(C(=O)Nc3nnc(C45CC6CC(CC(C6)C4)C5)s3)ccc2N1S(C)(=O)=O. The van der Waals surface area contributed by atoms with Gasteiger partial charge in [-0.05, 0) is 93.4 Å². The average molecular weight is 473 g/mol. The fourth-order valence-corrected chi connectivity index (χ4v) is 9.50. The van der Waals surface area contributed by atoms with Crippen molar-refractivity contribution < 1.29 is 13.2 Å². The zero-order valence-electron chi connectivity index (χ0n) is 18.4. The third-order valence-corrected chi connectivity index (χ3v) is 10.3. The molecule has 5 aliphatic rings. The molecule has 170 valence electrons. The number of nitrogens with one attached hydrogen (secondary N) is 1. The summed E-state index contributed by atoms with van der Waals surface area (Å²) in [5.74, 6) is 2.28. The number of nitrogens with zero attached hydrogens (tertiary/aromatic N) is 3. The van der Waals surface area contributed by atoms with Crippen molar-refractivity contribution in [1.29, 1.82) is 0 Å². The molecule has 1 amide bonds. The summed E-state index contributed by atoms with van der Waals surface area (Å²) >= 11 is 1.53. The molecule has 1 aliphatic heterocycles. The molecule has 1 atom stereocenters. The number of aromatic nitrogens is 2. The van der Waals surface area contributed by atoms with Crippen LogP contribution in [0.1, 0.15) is 66.4 Å². The minimum absolute atomic E-state index is 0.149. The molecule has 32 heavy (non-hydrogen) atoms. The van der Waals surface area contributed by atoms with Gasteiger partial charge in [0, 0.05) is 17.0 Å². The summed E-state index contributed by atoms with van der Waals surface area (Å²) < 4.78 is 25.7. The Morgan fingerprint density at radius 2 is 1.78 bits per heavy atom. The smallest absolute Gasteiger partial charge is 0.257 e. The molecule has 2 aromatic rings. The van der Waals surface area contributed by atoms with E-state index < -0.39 is 10.0 Å². The van der Waals surface area contributed by atoms with Gasteiger partial charge in [0.15, 0.2) is 0 Å². The van der Waals surface area contributed by atoms with Gasteiger partial charge in [-0.3, -0.25) is 14.4 Å². The second-order valence-electron chi connectivity index (χ2n) is 10.5. The van der Waals surface area contributed by atoms with Gasteiger partial charge in [0.1, 0.15) is 5.01 Å². The fourth-order valence-electron chi connectivity index (χ4n) is 7.28. The van der Waals surface area contributed by atoms with Gasteiger partial charge in [-0.2, -0.15) is 0 Å². The lowest BCUT2D eigenvalue weighted by Gasteiger charge is -2.55. The molecule has 0 spiro atoms. The highest BCUT2D eigenvalue weighted by atomic mass is 32.2. The molecule has 4 bridgehead atoms. The molecule has 4 fully saturated rings. The van der Waals surface area contributed by atoms with Crippen LogP contribution in [0.4, 0.5) is 10.8 Å². The van der Waals surface area contributed by atoms with Crippen molar-refractivity contribution >= 4 is 38.1 Å². The summed E-state index contributed by atoms with van der Waals surface area (Å²) in [5.41, 5.74) is 2.23. The maximum Gasteiger partial charge on any atom is 0.257 e. The minimum Gasteiger partial charge on any atom is -0.296 e. The van der Waals surface area contributed by atoms with Crippen molar-refractivity contribution in [1.82, 2.24) is 10.2 Å². The number of benzene rings is 1. The summed E-state index contributed by atoms with van der Waals surface area (Å²) in [6.07, 6.45) is 9.64. The summed E-state index contributed by atoms with van der Waals surface area (Å²) in [7, 11) is -3.35. The van der Waals surface area contributed by atoms with Gasteiger partial charge in [0.2, 0.25) is 15.2 Å². The highest BCUT2D eigenvalue weighted by molar-refractivity contribution is 7.92. The van der Waals surface area contributed by atoms with Gasteiger partial charge in [-0.1, -0.05) is 11.3 Å². The normalized spacial score (nSPS) is 32.9. The predicted octanol–water partition coefficient (Wildman–Crippen LogP) is 3.97. The number of hydrogen-bond donors (Lipinski definition) is 1. The zero-order chi connectivity index (χ0) is 22.3. The van der Waals surface area contributed by atoms with E-state index in [9.17, 15) is 13.2 Å². The second-order valence-corrected chi connectivity index (χ2v) is 13.4. The first kappa shape index (κ1) is 20.6. The Morgan fingerprint density at radius 1 is 1.12 bits per heavy atom. The van der Waals surface area contributed by atoms with E-state index in [-0.39, 0.29) is 17.4 Å². The lowest BCUT2D eigenvalue weighted by atomic mass is 9.50. The minimum atomic E-state index is -3.35. The Balaban J connectivity index is 1.21. The van der Waals surface area contributed by atoms with Crippen molar-refractivity contribution in [2.24, 2.45) is 17.8 Å². The molecule has 4 saturated carbocycles. The van der Waals surface area contributed by atoms with Crippen LogP contribution >= 0.6 is 11.3 Å². The standard InChI is InChI=1S/C23H28N4O3S2/c1-13-5-18-9-17(3-4-19(18)27(13)32(2,29)30)20(28)24-22-26-25-21(31-22)23-10-14-6-15(11-23)8-16(7-14)12-23/h3-4,9,13-16H,5-8,10-12H2,1-2H3,(H,24,26,28). The molecule has 9 heteroatoms. The molecule has 1 unspecified atom stereocenters. The summed E-state index contributed by atoms with van der Waals surface area (Å²) in [5, 5.41) is 13.4. The number of amides is 1. The monoisotopic (exact) mass is 472 g/mol. The topological polar surface area (TPSA) is 92.3 Å². The number of carbonyl (C=O) groups excluding carboxylic acids is 1. The Labute approximate surface area is 192 Å². The van der Waals surface area contributed by atoms with Crippen molar-refractivity contribution in [2.45, 2.75) is 63.3 Å². The summed E-state index contributed by atoms with van der Waals surface area (Å²) in [6, 6.07) is 5.07. The van der Waals surface area contributed by atoms with E-state index in [0.717, 1.165) is 28.3 Å². The van der Waals surface area contributed by atoms with Crippen LogP contribution in [0.25, 0.3) is 0 Å². The lowest BCUT2D eigenvalue weighted by Crippen LogP contribution is -2.48. The fraction of sp³-hybridized carbons (Fsp3) is 0.609. The summed E-state index contributed by atoms with van der Waals surface area (Å²) in [6.45, 7) is 1.88. The van der Waals surface area contributed by atoms with Gasteiger partial charge < -0.3 is 0 Å². The Hall–Kier alpha value is -2.00. The van der Waals surface area contributed by atoms with E-state index in [1.165, 1.54) is 60.4 Å². The number of anilines is 2. The largest absolute Gasteiger partial charge is 0.296 e. The first-order valence-corrected chi connectivity index (χ1v) is 14.1. The van der Waals surface area contributed by atoms with Crippen LogP contribution in [0, 0.1) is 17.8 Å². The lowest BCUT2D eigenvalue weighted by molar-refractivity contribution is -0.00555. The third-order valence-electron chi connectivity index (χ3n) is 7.99. The Morgan fingerprint density at radius 3 is 2.41 bits per heavy atom. The van der Waals surface area contributed by atoms with E-state index in [1.54, 1.807) is 18.2 Å². The highest BCUT2D eigenvalue weighted by Gasteiger charge is 2.53. The molecule has 0 saturated heterocycles. The van der Waals surface area contributed by atoms with E-state index in [2.05, 4.69) is 15.5 Å². The zero-order valence-corrected chi connectivity index (χ0v) is 20.0. The molecule has 4 aliphatic carbocycles. The average Bonchev–Trinajstić information content (AvgIpc) is 3.29. The first-order chi connectivity index (χ1) is 15.2. The van der Waals surface area contributed by atoms with Crippen LogP contribution in [0.3, 0.4) is 0 Å². The van der Waals surface area contributed by atoms with Crippen molar-refractivity contribution in [3.63, 3.8) is 0 Å². The van der Waals surface area contributed by atoms with E-state index in [0.29, 0.717) is 22.8 Å².